The molecule has 2 aromatic rings. The molecule has 0 saturated heterocycles. The van der Waals surface area contributed by atoms with Crippen molar-refractivity contribution in [3.05, 3.63) is 54.6 Å². The standard InChI is InChI=1S/C15H10ClIN2O5/c16-10-6-13-14(24-4-3-23-13)7-12(10)18-15(20)9-5-8(19(21)22)1-2-11(9)17/h1-2,5-7H,3-4H2,(H,18,20). The molecule has 0 bridgehead atoms. The van der Waals surface area contributed by atoms with E-state index in [1.165, 1.54) is 18.2 Å². The summed E-state index contributed by atoms with van der Waals surface area (Å²) in [6.07, 6.45) is 0. The number of rotatable bonds is 3. The summed E-state index contributed by atoms with van der Waals surface area (Å²) in [6, 6.07) is 7.21. The van der Waals surface area contributed by atoms with Crippen molar-refractivity contribution in [2.45, 2.75) is 0 Å². The van der Waals surface area contributed by atoms with Crippen LogP contribution >= 0.6 is 34.2 Å². The van der Waals surface area contributed by atoms with Crippen LogP contribution in [0.3, 0.4) is 0 Å². The van der Waals surface area contributed by atoms with Gasteiger partial charge in [-0.15, -0.1) is 0 Å². The Hall–Kier alpha value is -2.07. The number of amides is 1. The summed E-state index contributed by atoms with van der Waals surface area (Å²) in [5.41, 5.74) is 0.373. The zero-order valence-corrected chi connectivity index (χ0v) is 15.0. The highest BCUT2D eigenvalue weighted by atomic mass is 127. The molecule has 0 atom stereocenters. The van der Waals surface area contributed by atoms with Gasteiger partial charge in [0.1, 0.15) is 13.2 Å². The van der Waals surface area contributed by atoms with E-state index in [1.807, 2.05) is 22.6 Å². The molecule has 0 radical (unpaired) electrons. The topological polar surface area (TPSA) is 90.7 Å². The molecule has 0 unspecified atom stereocenters. The molecule has 24 heavy (non-hydrogen) atoms. The number of nitro groups is 1. The fourth-order valence-corrected chi connectivity index (χ4v) is 2.93. The molecule has 0 spiro atoms. The van der Waals surface area contributed by atoms with Crippen LogP contribution in [-0.2, 0) is 0 Å². The molecule has 1 amide bonds. The van der Waals surface area contributed by atoms with Crippen molar-refractivity contribution in [2.24, 2.45) is 0 Å². The highest BCUT2D eigenvalue weighted by Gasteiger charge is 2.19. The lowest BCUT2D eigenvalue weighted by Crippen LogP contribution is -2.17. The highest BCUT2D eigenvalue weighted by molar-refractivity contribution is 14.1. The number of carbonyl (C=O) groups excluding carboxylic acids is 1. The smallest absolute Gasteiger partial charge is 0.270 e. The molecule has 7 nitrogen and oxygen atoms in total. The van der Waals surface area contributed by atoms with Crippen molar-refractivity contribution in [1.29, 1.82) is 0 Å². The Morgan fingerprint density at radius 2 is 1.88 bits per heavy atom. The second-order valence-electron chi connectivity index (χ2n) is 4.85. The van der Waals surface area contributed by atoms with Gasteiger partial charge in [-0.1, -0.05) is 11.6 Å². The molecule has 0 aromatic heterocycles. The van der Waals surface area contributed by atoms with Gasteiger partial charge < -0.3 is 14.8 Å². The van der Waals surface area contributed by atoms with Gasteiger partial charge in [-0.3, -0.25) is 14.9 Å². The Balaban J connectivity index is 1.90. The average molecular weight is 461 g/mol. The van der Waals surface area contributed by atoms with Gasteiger partial charge in [-0.25, -0.2) is 0 Å². The van der Waals surface area contributed by atoms with E-state index in [1.54, 1.807) is 12.1 Å². The number of hydrogen-bond acceptors (Lipinski definition) is 5. The second kappa shape index (κ2) is 6.81. The summed E-state index contributed by atoms with van der Waals surface area (Å²) in [5, 5.41) is 13.8. The number of non-ortho nitro benzene ring substituents is 1. The third kappa shape index (κ3) is 3.39. The summed E-state index contributed by atoms with van der Waals surface area (Å²) in [7, 11) is 0. The van der Waals surface area contributed by atoms with Gasteiger partial charge in [0.2, 0.25) is 0 Å². The molecule has 1 aliphatic rings. The first-order valence-electron chi connectivity index (χ1n) is 6.80. The van der Waals surface area contributed by atoms with Gasteiger partial charge in [-0.05, 0) is 28.7 Å². The maximum atomic E-state index is 12.5. The van der Waals surface area contributed by atoms with Crippen LogP contribution in [0.2, 0.25) is 5.02 Å². The average Bonchev–Trinajstić information content (AvgIpc) is 2.55. The summed E-state index contributed by atoms with van der Waals surface area (Å²) >= 11 is 8.09. The highest BCUT2D eigenvalue weighted by Crippen LogP contribution is 2.38. The Bertz CT molecular complexity index is 843. The van der Waals surface area contributed by atoms with E-state index < -0.39 is 10.8 Å². The van der Waals surface area contributed by atoms with E-state index in [-0.39, 0.29) is 16.3 Å². The number of hydrogen-bond donors (Lipinski definition) is 1. The second-order valence-corrected chi connectivity index (χ2v) is 6.42. The van der Waals surface area contributed by atoms with Crippen LogP contribution in [0.1, 0.15) is 10.4 Å². The third-order valence-corrected chi connectivity index (χ3v) is 4.54. The molecular weight excluding hydrogens is 451 g/mol. The van der Waals surface area contributed by atoms with Crippen molar-refractivity contribution in [3.63, 3.8) is 0 Å². The molecule has 3 rings (SSSR count). The molecule has 0 saturated carbocycles. The van der Waals surface area contributed by atoms with Gasteiger partial charge in [-0.2, -0.15) is 0 Å². The normalized spacial score (nSPS) is 12.6. The van der Waals surface area contributed by atoms with Gasteiger partial charge in [0, 0.05) is 27.8 Å². The van der Waals surface area contributed by atoms with Gasteiger partial charge in [0.15, 0.2) is 11.5 Å². The summed E-state index contributed by atoms with van der Waals surface area (Å²) in [5.74, 6) is 0.491. The maximum absolute atomic E-state index is 12.5. The fraction of sp³-hybridized carbons (Fsp3) is 0.133. The molecule has 124 valence electrons. The van der Waals surface area contributed by atoms with Crippen LogP contribution in [0.15, 0.2) is 30.3 Å². The molecule has 2 aromatic carbocycles. The van der Waals surface area contributed by atoms with E-state index in [0.717, 1.165) is 0 Å². The minimum atomic E-state index is -0.552. The first kappa shape index (κ1) is 16.8. The van der Waals surface area contributed by atoms with Crippen molar-refractivity contribution < 1.29 is 19.2 Å². The van der Waals surface area contributed by atoms with Crippen molar-refractivity contribution in [3.8, 4) is 11.5 Å². The van der Waals surface area contributed by atoms with Gasteiger partial charge >= 0.3 is 0 Å². The van der Waals surface area contributed by atoms with E-state index in [9.17, 15) is 14.9 Å². The monoisotopic (exact) mass is 460 g/mol. The number of benzene rings is 2. The summed E-state index contributed by atoms with van der Waals surface area (Å²) in [6.45, 7) is 0.839. The maximum Gasteiger partial charge on any atom is 0.270 e. The fourth-order valence-electron chi connectivity index (χ4n) is 2.15. The van der Waals surface area contributed by atoms with E-state index in [4.69, 9.17) is 21.1 Å². The minimum Gasteiger partial charge on any atom is -0.486 e. The van der Waals surface area contributed by atoms with Crippen LogP contribution in [0.5, 0.6) is 11.5 Å². The lowest BCUT2D eigenvalue weighted by Gasteiger charge is -2.20. The van der Waals surface area contributed by atoms with Crippen LogP contribution in [0, 0.1) is 13.7 Å². The number of halogens is 2. The Labute approximate surface area is 155 Å². The van der Waals surface area contributed by atoms with Crippen LogP contribution in [-0.4, -0.2) is 24.0 Å². The van der Waals surface area contributed by atoms with Crippen molar-refractivity contribution in [2.75, 3.05) is 18.5 Å². The lowest BCUT2D eigenvalue weighted by atomic mass is 10.2. The number of fused-ring (bicyclic) bond motifs is 1. The molecule has 0 fully saturated rings. The zero-order chi connectivity index (χ0) is 17.3. The molecule has 9 heteroatoms. The van der Waals surface area contributed by atoms with Crippen molar-refractivity contribution in [1.82, 2.24) is 0 Å². The van der Waals surface area contributed by atoms with Crippen LogP contribution in [0.4, 0.5) is 11.4 Å². The first-order chi connectivity index (χ1) is 11.5. The Morgan fingerprint density at radius 3 is 2.54 bits per heavy atom. The Morgan fingerprint density at radius 1 is 1.21 bits per heavy atom. The first-order valence-corrected chi connectivity index (χ1v) is 8.26. The number of nitrogens with zero attached hydrogens (tertiary/aromatic N) is 1. The minimum absolute atomic E-state index is 0.158. The molecule has 0 aliphatic carbocycles. The van der Waals surface area contributed by atoms with E-state index in [2.05, 4.69) is 5.32 Å². The van der Waals surface area contributed by atoms with Crippen molar-refractivity contribution >= 4 is 51.5 Å². The van der Waals surface area contributed by atoms with E-state index >= 15 is 0 Å². The number of nitrogens with one attached hydrogen (secondary N) is 1. The predicted octanol–water partition coefficient (Wildman–Crippen LogP) is 3.88. The molecule has 1 aliphatic heterocycles. The van der Waals surface area contributed by atoms with Crippen LogP contribution in [0.25, 0.3) is 0 Å². The molecule has 1 N–H and O–H groups in total. The Kier molecular flexibility index (Phi) is 4.76. The van der Waals surface area contributed by atoms with Gasteiger partial charge in [0.05, 0.1) is 21.2 Å². The lowest BCUT2D eigenvalue weighted by molar-refractivity contribution is -0.384. The molecule has 1 heterocycles. The van der Waals surface area contributed by atoms with Crippen LogP contribution < -0.4 is 14.8 Å². The van der Waals surface area contributed by atoms with Gasteiger partial charge in [0.25, 0.3) is 11.6 Å². The number of carbonyl (C=O) groups is 1. The quantitative estimate of drug-likeness (QED) is 0.426. The SMILES string of the molecule is O=C(Nc1cc2c(cc1Cl)OCCO2)c1cc([N+](=O)[O-])ccc1I. The summed E-state index contributed by atoms with van der Waals surface area (Å²) in [4.78, 5) is 22.8. The largest absolute Gasteiger partial charge is 0.486 e. The molecular formula is C15H10ClIN2O5. The summed E-state index contributed by atoms with van der Waals surface area (Å²) < 4.78 is 11.5. The predicted molar refractivity (Wildman–Crippen MR) is 96.2 cm³/mol. The zero-order valence-electron chi connectivity index (χ0n) is 12.0. The number of anilines is 1. The van der Waals surface area contributed by atoms with E-state index in [0.29, 0.717) is 34.0 Å². The number of ether oxygens (including phenoxy) is 2. The number of nitro benzene ring substituents is 1. The third-order valence-electron chi connectivity index (χ3n) is 3.29.